The minimum Gasteiger partial charge on any atom is -0.393 e. The number of nitrogens with one attached hydrogen (secondary N) is 2. The van der Waals surface area contributed by atoms with E-state index < -0.39 is 6.04 Å². The van der Waals surface area contributed by atoms with Crippen LogP contribution in [0.4, 0.5) is 9.18 Å². The average Bonchev–Trinajstić information content (AvgIpc) is 3.22. The smallest absolute Gasteiger partial charge is 0.315 e. The maximum Gasteiger partial charge on any atom is 0.315 e. The first-order chi connectivity index (χ1) is 12.0. The van der Waals surface area contributed by atoms with Crippen LogP contribution in [0.3, 0.4) is 0 Å². The number of halogens is 1. The molecular formula is C17H21FN4O3. The molecule has 2 amide bonds. The molecule has 3 rings (SSSR count). The molecule has 0 bridgehead atoms. The Balaban J connectivity index is 1.54. The Hall–Kier alpha value is -2.48. The number of aliphatic hydroxyl groups is 1. The number of urea groups is 1. The molecule has 1 aliphatic rings. The van der Waals surface area contributed by atoms with E-state index in [1.165, 1.54) is 12.1 Å². The highest BCUT2D eigenvalue weighted by atomic mass is 19.1. The van der Waals surface area contributed by atoms with Crippen LogP contribution in [0.1, 0.15) is 38.1 Å². The molecule has 1 aromatic heterocycles. The first-order valence-corrected chi connectivity index (χ1v) is 8.35. The summed E-state index contributed by atoms with van der Waals surface area (Å²) in [7, 11) is 0. The van der Waals surface area contributed by atoms with Gasteiger partial charge in [0.25, 0.3) is 0 Å². The van der Waals surface area contributed by atoms with Crippen LogP contribution in [0.5, 0.6) is 0 Å². The third kappa shape index (κ3) is 4.33. The number of rotatable bonds is 5. The Labute approximate surface area is 144 Å². The highest BCUT2D eigenvalue weighted by molar-refractivity contribution is 5.74. The van der Waals surface area contributed by atoms with E-state index in [1.54, 1.807) is 19.1 Å². The lowest BCUT2D eigenvalue weighted by atomic mass is 10.1. The van der Waals surface area contributed by atoms with E-state index in [4.69, 9.17) is 4.52 Å². The zero-order valence-electron chi connectivity index (χ0n) is 13.9. The normalized spacial score (nSPS) is 21.1. The van der Waals surface area contributed by atoms with Crippen molar-refractivity contribution in [3.05, 3.63) is 36.0 Å². The monoisotopic (exact) mass is 348 g/mol. The summed E-state index contributed by atoms with van der Waals surface area (Å²) in [6.45, 7) is 2.14. The zero-order chi connectivity index (χ0) is 17.8. The van der Waals surface area contributed by atoms with Crippen molar-refractivity contribution in [2.75, 3.05) is 6.54 Å². The second kappa shape index (κ2) is 7.60. The Bertz CT molecular complexity index is 736. The summed E-state index contributed by atoms with van der Waals surface area (Å²) in [5.41, 5.74) is 0.502. The fraction of sp³-hybridized carbons (Fsp3) is 0.471. The topological polar surface area (TPSA) is 100 Å². The number of benzene rings is 1. The molecule has 3 unspecified atom stereocenters. The molecule has 0 radical (unpaired) electrons. The van der Waals surface area contributed by atoms with Gasteiger partial charge < -0.3 is 20.3 Å². The minimum atomic E-state index is -0.497. The second-order valence-electron chi connectivity index (χ2n) is 6.30. The first kappa shape index (κ1) is 17.3. The van der Waals surface area contributed by atoms with Gasteiger partial charge in [0, 0.05) is 18.0 Å². The van der Waals surface area contributed by atoms with Crippen molar-refractivity contribution in [2.24, 2.45) is 5.92 Å². The molecule has 0 saturated heterocycles. The fourth-order valence-electron chi connectivity index (χ4n) is 2.94. The maximum absolute atomic E-state index is 13.3. The minimum absolute atomic E-state index is 0.101. The van der Waals surface area contributed by atoms with Crippen LogP contribution in [-0.4, -0.2) is 33.9 Å². The molecule has 134 valence electrons. The van der Waals surface area contributed by atoms with Crippen molar-refractivity contribution in [1.29, 1.82) is 0 Å². The molecule has 3 atom stereocenters. The molecule has 25 heavy (non-hydrogen) atoms. The molecule has 1 saturated carbocycles. The molecule has 2 aromatic rings. The van der Waals surface area contributed by atoms with Crippen LogP contribution in [-0.2, 0) is 0 Å². The van der Waals surface area contributed by atoms with Crippen LogP contribution in [0, 0.1) is 11.7 Å². The number of hydrogen-bond donors (Lipinski definition) is 3. The highest BCUT2D eigenvalue weighted by Gasteiger charge is 2.25. The van der Waals surface area contributed by atoms with Gasteiger partial charge in [-0.1, -0.05) is 23.7 Å². The van der Waals surface area contributed by atoms with Gasteiger partial charge in [-0.05, 0) is 31.9 Å². The van der Waals surface area contributed by atoms with E-state index >= 15 is 0 Å². The first-order valence-electron chi connectivity index (χ1n) is 8.35. The molecular weight excluding hydrogens is 327 g/mol. The Morgan fingerprint density at radius 3 is 3.04 bits per heavy atom. The van der Waals surface area contributed by atoms with E-state index in [0.717, 1.165) is 19.3 Å². The SMILES string of the molecule is CC(NC(=O)NCC1CCCC1O)c1nc(-c2cccc(F)c2)no1. The van der Waals surface area contributed by atoms with E-state index in [1.807, 2.05) is 0 Å². The second-order valence-corrected chi connectivity index (χ2v) is 6.30. The van der Waals surface area contributed by atoms with Crippen LogP contribution in [0.25, 0.3) is 11.4 Å². The van der Waals surface area contributed by atoms with Gasteiger partial charge in [-0.3, -0.25) is 0 Å². The van der Waals surface area contributed by atoms with Gasteiger partial charge in [0.1, 0.15) is 11.9 Å². The third-order valence-corrected chi connectivity index (χ3v) is 4.39. The van der Waals surface area contributed by atoms with Crippen LogP contribution in [0.15, 0.2) is 28.8 Å². The van der Waals surface area contributed by atoms with Gasteiger partial charge in [0.05, 0.1) is 6.10 Å². The maximum atomic E-state index is 13.3. The van der Waals surface area contributed by atoms with Gasteiger partial charge in [-0.25, -0.2) is 9.18 Å². The van der Waals surface area contributed by atoms with Crippen molar-refractivity contribution >= 4 is 6.03 Å². The number of aliphatic hydroxyl groups excluding tert-OH is 1. The van der Waals surface area contributed by atoms with Gasteiger partial charge in [0.2, 0.25) is 11.7 Å². The lowest BCUT2D eigenvalue weighted by molar-refractivity contribution is 0.132. The van der Waals surface area contributed by atoms with Crippen LogP contribution < -0.4 is 10.6 Å². The summed E-state index contributed by atoms with van der Waals surface area (Å²) >= 11 is 0. The fourth-order valence-corrected chi connectivity index (χ4v) is 2.94. The molecule has 0 aliphatic heterocycles. The summed E-state index contributed by atoms with van der Waals surface area (Å²) in [6.07, 6.45) is 2.34. The van der Waals surface area contributed by atoms with Crippen LogP contribution in [0.2, 0.25) is 0 Å². The number of nitrogens with zero attached hydrogens (tertiary/aromatic N) is 2. The van der Waals surface area contributed by atoms with Gasteiger partial charge >= 0.3 is 6.03 Å². The molecule has 1 heterocycles. The summed E-state index contributed by atoms with van der Waals surface area (Å²) < 4.78 is 18.4. The standard InChI is InChI=1S/C17H21FN4O3/c1-10(20-17(24)19-9-12-5-3-7-14(12)23)16-21-15(22-25-16)11-4-2-6-13(18)8-11/h2,4,6,8,10,12,14,23H,3,5,7,9H2,1H3,(H2,19,20,24). The van der Waals surface area contributed by atoms with E-state index in [9.17, 15) is 14.3 Å². The number of amides is 2. The van der Waals surface area contributed by atoms with Gasteiger partial charge in [0.15, 0.2) is 0 Å². The van der Waals surface area contributed by atoms with E-state index in [0.29, 0.717) is 12.1 Å². The molecule has 1 fully saturated rings. The summed E-state index contributed by atoms with van der Waals surface area (Å²) in [6, 6.07) is 5.02. The Kier molecular flexibility index (Phi) is 5.28. The number of carbonyl (C=O) groups is 1. The zero-order valence-corrected chi connectivity index (χ0v) is 13.9. The summed E-state index contributed by atoms with van der Waals surface area (Å²) in [5, 5.41) is 19.0. The molecule has 7 nitrogen and oxygen atoms in total. The molecule has 1 aromatic carbocycles. The number of hydrogen-bond acceptors (Lipinski definition) is 5. The largest absolute Gasteiger partial charge is 0.393 e. The third-order valence-electron chi connectivity index (χ3n) is 4.39. The molecule has 0 spiro atoms. The number of aromatic nitrogens is 2. The molecule has 8 heteroatoms. The summed E-state index contributed by atoms with van der Waals surface area (Å²) in [5.74, 6) is 0.209. The average molecular weight is 348 g/mol. The quantitative estimate of drug-likeness (QED) is 0.770. The predicted octanol–water partition coefficient (Wildman–Crippen LogP) is 2.40. The van der Waals surface area contributed by atoms with Crippen LogP contribution >= 0.6 is 0 Å². The highest BCUT2D eigenvalue weighted by Crippen LogP contribution is 2.24. The number of carbonyl (C=O) groups excluding carboxylic acids is 1. The van der Waals surface area contributed by atoms with Crippen molar-refractivity contribution < 1.29 is 18.8 Å². The van der Waals surface area contributed by atoms with E-state index in [2.05, 4.69) is 20.8 Å². The van der Waals surface area contributed by atoms with Crippen molar-refractivity contribution in [2.45, 2.75) is 38.3 Å². The van der Waals surface area contributed by atoms with E-state index in [-0.39, 0.29) is 35.6 Å². The lowest BCUT2D eigenvalue weighted by Crippen LogP contribution is -2.40. The van der Waals surface area contributed by atoms with Crippen molar-refractivity contribution in [1.82, 2.24) is 20.8 Å². The lowest BCUT2D eigenvalue weighted by Gasteiger charge is -2.16. The van der Waals surface area contributed by atoms with Crippen molar-refractivity contribution in [3.8, 4) is 11.4 Å². The van der Waals surface area contributed by atoms with Gasteiger partial charge in [-0.2, -0.15) is 4.98 Å². The van der Waals surface area contributed by atoms with Crippen molar-refractivity contribution in [3.63, 3.8) is 0 Å². The molecule has 3 N–H and O–H groups in total. The molecule has 1 aliphatic carbocycles. The van der Waals surface area contributed by atoms with Gasteiger partial charge in [-0.15, -0.1) is 0 Å². The summed E-state index contributed by atoms with van der Waals surface area (Å²) in [4.78, 5) is 16.2. The Morgan fingerprint density at radius 2 is 2.32 bits per heavy atom. The Morgan fingerprint density at radius 1 is 1.48 bits per heavy atom. The predicted molar refractivity (Wildman–Crippen MR) is 88.0 cm³/mol.